The quantitative estimate of drug-likeness (QED) is 0.772. The molecule has 0 aliphatic carbocycles. The van der Waals surface area contributed by atoms with Gasteiger partial charge in [-0.3, -0.25) is 4.79 Å². The van der Waals surface area contributed by atoms with Gasteiger partial charge in [0, 0.05) is 11.4 Å². The van der Waals surface area contributed by atoms with E-state index in [9.17, 15) is 4.79 Å². The highest BCUT2D eigenvalue weighted by atomic mass is 32.2. The van der Waals surface area contributed by atoms with Gasteiger partial charge in [0.1, 0.15) is 0 Å². The fraction of sp³-hybridized carbons (Fsp3) is 0.417. The van der Waals surface area contributed by atoms with Crippen LogP contribution in [0.3, 0.4) is 0 Å². The third-order valence-electron chi connectivity index (χ3n) is 2.12. The first-order valence-corrected chi connectivity index (χ1v) is 6.34. The van der Waals surface area contributed by atoms with Crippen LogP contribution in [0.15, 0.2) is 18.2 Å². The van der Waals surface area contributed by atoms with Crippen LogP contribution in [0.1, 0.15) is 11.1 Å². The normalized spacial score (nSPS) is 10.2. The zero-order chi connectivity index (χ0) is 12.0. The van der Waals surface area contributed by atoms with E-state index >= 15 is 0 Å². The number of amides is 1. The molecule has 0 radical (unpaired) electrons. The van der Waals surface area contributed by atoms with Crippen LogP contribution in [0, 0.1) is 13.8 Å². The van der Waals surface area contributed by atoms with E-state index in [-0.39, 0.29) is 12.5 Å². The van der Waals surface area contributed by atoms with Gasteiger partial charge in [-0.25, -0.2) is 0 Å². The van der Waals surface area contributed by atoms with Crippen molar-refractivity contribution in [1.29, 1.82) is 0 Å². The average molecular weight is 239 g/mol. The molecule has 0 aliphatic rings. The maximum atomic E-state index is 11.5. The second-order valence-electron chi connectivity index (χ2n) is 3.64. The van der Waals surface area contributed by atoms with Crippen molar-refractivity contribution < 1.29 is 9.90 Å². The minimum atomic E-state index is -0.0228. The lowest BCUT2D eigenvalue weighted by Crippen LogP contribution is -2.15. The molecule has 0 heterocycles. The summed E-state index contributed by atoms with van der Waals surface area (Å²) in [4.78, 5) is 11.5. The van der Waals surface area contributed by atoms with Crippen molar-refractivity contribution in [2.75, 3.05) is 23.4 Å². The highest BCUT2D eigenvalue weighted by molar-refractivity contribution is 7.99. The van der Waals surface area contributed by atoms with Crippen LogP contribution in [0.5, 0.6) is 0 Å². The predicted molar refractivity (Wildman–Crippen MR) is 69.0 cm³/mol. The van der Waals surface area contributed by atoms with Gasteiger partial charge in [-0.15, -0.1) is 11.8 Å². The molecule has 0 spiro atoms. The highest BCUT2D eigenvalue weighted by Gasteiger charge is 2.04. The Morgan fingerprint density at radius 3 is 2.81 bits per heavy atom. The van der Waals surface area contributed by atoms with Gasteiger partial charge in [0.2, 0.25) is 5.91 Å². The molecule has 2 N–H and O–H groups in total. The Hall–Kier alpha value is -1.00. The van der Waals surface area contributed by atoms with Crippen LogP contribution in [0.2, 0.25) is 0 Å². The summed E-state index contributed by atoms with van der Waals surface area (Å²) in [6, 6.07) is 5.93. The zero-order valence-electron chi connectivity index (χ0n) is 9.62. The molecule has 0 saturated heterocycles. The van der Waals surface area contributed by atoms with E-state index in [1.807, 2.05) is 32.0 Å². The van der Waals surface area contributed by atoms with Gasteiger partial charge < -0.3 is 10.4 Å². The summed E-state index contributed by atoms with van der Waals surface area (Å²) in [5, 5.41) is 11.4. The Balaban J connectivity index is 2.49. The summed E-state index contributed by atoms with van der Waals surface area (Å²) in [6.45, 7) is 4.11. The number of hydrogen-bond acceptors (Lipinski definition) is 3. The van der Waals surface area contributed by atoms with E-state index < -0.39 is 0 Å². The highest BCUT2D eigenvalue weighted by Crippen LogP contribution is 2.16. The van der Waals surface area contributed by atoms with E-state index in [1.54, 1.807) is 0 Å². The molecular weight excluding hydrogens is 222 g/mol. The average Bonchev–Trinajstić information content (AvgIpc) is 2.23. The summed E-state index contributed by atoms with van der Waals surface area (Å²) in [5.41, 5.74) is 3.12. The summed E-state index contributed by atoms with van der Waals surface area (Å²) in [7, 11) is 0. The van der Waals surface area contributed by atoms with Crippen LogP contribution in [-0.2, 0) is 4.79 Å². The smallest absolute Gasteiger partial charge is 0.234 e. The van der Waals surface area contributed by atoms with E-state index in [1.165, 1.54) is 17.3 Å². The number of carbonyl (C=O) groups is 1. The predicted octanol–water partition coefficient (Wildman–Crippen LogP) is 1.97. The van der Waals surface area contributed by atoms with Crippen LogP contribution in [0.4, 0.5) is 5.69 Å². The van der Waals surface area contributed by atoms with E-state index in [0.29, 0.717) is 11.5 Å². The minimum Gasteiger partial charge on any atom is -0.396 e. The summed E-state index contributed by atoms with van der Waals surface area (Å²) in [6.07, 6.45) is 0. The van der Waals surface area contributed by atoms with Crippen molar-refractivity contribution in [3.8, 4) is 0 Å². The third-order valence-corrected chi connectivity index (χ3v) is 3.06. The fourth-order valence-corrected chi connectivity index (χ4v) is 1.90. The number of aryl methyl sites for hydroxylation is 2. The second kappa shape index (κ2) is 6.55. The van der Waals surface area contributed by atoms with Gasteiger partial charge in [0.05, 0.1) is 12.4 Å². The van der Waals surface area contributed by atoms with Crippen molar-refractivity contribution in [2.24, 2.45) is 0 Å². The van der Waals surface area contributed by atoms with Gasteiger partial charge in [-0.05, 0) is 25.5 Å². The van der Waals surface area contributed by atoms with Crippen LogP contribution < -0.4 is 5.32 Å². The van der Waals surface area contributed by atoms with Gasteiger partial charge in [0.25, 0.3) is 0 Å². The summed E-state index contributed by atoms with van der Waals surface area (Å²) >= 11 is 1.43. The largest absolute Gasteiger partial charge is 0.396 e. The maximum absolute atomic E-state index is 11.5. The molecule has 0 unspecified atom stereocenters. The van der Waals surface area contributed by atoms with Gasteiger partial charge in [-0.2, -0.15) is 0 Å². The molecule has 0 aromatic heterocycles. The Morgan fingerprint density at radius 1 is 1.44 bits per heavy atom. The first-order valence-electron chi connectivity index (χ1n) is 5.19. The maximum Gasteiger partial charge on any atom is 0.234 e. The molecule has 88 valence electrons. The zero-order valence-corrected chi connectivity index (χ0v) is 10.4. The number of anilines is 1. The molecule has 16 heavy (non-hydrogen) atoms. The van der Waals surface area contributed by atoms with Crippen LogP contribution in [0.25, 0.3) is 0 Å². The molecule has 0 atom stereocenters. The van der Waals surface area contributed by atoms with Crippen LogP contribution in [-0.4, -0.2) is 29.1 Å². The van der Waals surface area contributed by atoms with E-state index in [0.717, 1.165) is 11.3 Å². The monoisotopic (exact) mass is 239 g/mol. The number of rotatable bonds is 5. The molecule has 0 saturated carbocycles. The molecule has 1 aromatic rings. The summed E-state index contributed by atoms with van der Waals surface area (Å²) in [5.74, 6) is 0.958. The molecule has 3 nitrogen and oxygen atoms in total. The van der Waals surface area contributed by atoms with Crippen molar-refractivity contribution in [3.63, 3.8) is 0 Å². The number of carbonyl (C=O) groups excluding carboxylic acids is 1. The van der Waals surface area contributed by atoms with Gasteiger partial charge in [-0.1, -0.05) is 17.7 Å². The topological polar surface area (TPSA) is 49.3 Å². The Kier molecular flexibility index (Phi) is 5.35. The molecule has 1 aromatic carbocycles. The molecule has 0 fully saturated rings. The fourth-order valence-electron chi connectivity index (χ4n) is 1.37. The minimum absolute atomic E-state index is 0.0228. The SMILES string of the molecule is Cc1ccc(NC(=O)CSCCO)c(C)c1. The molecule has 1 rings (SSSR count). The number of thioether (sulfide) groups is 1. The summed E-state index contributed by atoms with van der Waals surface area (Å²) < 4.78 is 0. The lowest BCUT2D eigenvalue weighted by atomic mass is 10.1. The van der Waals surface area contributed by atoms with Crippen molar-refractivity contribution in [2.45, 2.75) is 13.8 Å². The van der Waals surface area contributed by atoms with Crippen molar-refractivity contribution in [3.05, 3.63) is 29.3 Å². The number of hydrogen-bond donors (Lipinski definition) is 2. The first-order chi connectivity index (χ1) is 7.63. The van der Waals surface area contributed by atoms with Gasteiger partial charge >= 0.3 is 0 Å². The Bertz CT molecular complexity index is 366. The Morgan fingerprint density at radius 2 is 2.19 bits per heavy atom. The second-order valence-corrected chi connectivity index (χ2v) is 4.75. The number of nitrogens with one attached hydrogen (secondary N) is 1. The molecular formula is C12H17NO2S. The number of benzene rings is 1. The molecule has 0 aliphatic heterocycles. The Labute approximate surface area is 100 Å². The molecule has 0 bridgehead atoms. The van der Waals surface area contributed by atoms with Crippen LogP contribution >= 0.6 is 11.8 Å². The van der Waals surface area contributed by atoms with E-state index in [2.05, 4.69) is 5.32 Å². The third kappa shape index (κ3) is 4.24. The lowest BCUT2D eigenvalue weighted by Gasteiger charge is -2.08. The van der Waals surface area contributed by atoms with Gasteiger partial charge in [0.15, 0.2) is 0 Å². The standard InChI is InChI=1S/C12H17NO2S/c1-9-3-4-11(10(2)7-9)13-12(15)8-16-6-5-14/h3-4,7,14H,5-6,8H2,1-2H3,(H,13,15). The van der Waals surface area contributed by atoms with E-state index in [4.69, 9.17) is 5.11 Å². The lowest BCUT2D eigenvalue weighted by molar-refractivity contribution is -0.113. The molecule has 1 amide bonds. The number of aliphatic hydroxyl groups is 1. The van der Waals surface area contributed by atoms with Crippen molar-refractivity contribution in [1.82, 2.24) is 0 Å². The molecule has 4 heteroatoms. The number of aliphatic hydroxyl groups excluding tert-OH is 1. The van der Waals surface area contributed by atoms with Crippen molar-refractivity contribution >= 4 is 23.4 Å². The first kappa shape index (κ1) is 13.1.